The predicted octanol–water partition coefficient (Wildman–Crippen LogP) is 5.89. The molecule has 220 valence electrons. The standard InChI is InChI=1S/C12H10F3N3O2.C8H4F3N3O2.C4H7Br/c1-7(2)6-18-4-3-8(5-9(18)19)10-16-17-11(20-10)12(13,14)15;9-8(10,11)7-14-13-6(16-7)4-1-2-12-5(15)3-4;1-4(2)3-5/h3-5H,1,6H2,2H3;1-3H,(H,12,15);1,3H2,2H3. The lowest BCUT2D eigenvalue weighted by Crippen LogP contribution is -2.18. The van der Waals surface area contributed by atoms with E-state index in [0.717, 1.165) is 23.0 Å². The molecule has 0 aromatic carbocycles. The summed E-state index contributed by atoms with van der Waals surface area (Å²) in [5.74, 6) is -3.59. The summed E-state index contributed by atoms with van der Waals surface area (Å²) >= 11 is 3.21. The van der Waals surface area contributed by atoms with Crippen LogP contribution in [0, 0.1) is 0 Å². The Morgan fingerprint density at radius 2 is 1.37 bits per heavy atom. The van der Waals surface area contributed by atoms with Gasteiger partial charge in [-0.25, -0.2) is 0 Å². The lowest BCUT2D eigenvalue weighted by molar-refractivity contribution is -0.157. The quantitative estimate of drug-likeness (QED) is 0.161. The van der Waals surface area contributed by atoms with E-state index in [4.69, 9.17) is 0 Å². The molecule has 0 atom stereocenters. The Kier molecular flexibility index (Phi) is 11.1. The van der Waals surface area contributed by atoms with E-state index in [2.05, 4.69) is 63.3 Å². The molecule has 0 aliphatic carbocycles. The first kappa shape index (κ1) is 32.9. The topological polar surface area (TPSA) is 133 Å². The molecule has 17 heteroatoms. The van der Waals surface area contributed by atoms with Gasteiger partial charge in [0.15, 0.2) is 0 Å². The van der Waals surface area contributed by atoms with E-state index in [0.29, 0.717) is 6.54 Å². The molecular formula is C24H21BrF6N6O4. The number of pyridine rings is 2. The predicted molar refractivity (Wildman–Crippen MR) is 138 cm³/mol. The number of hydrogen-bond acceptors (Lipinski definition) is 8. The maximum atomic E-state index is 12.3. The fourth-order valence-corrected chi connectivity index (χ4v) is 2.55. The molecule has 0 bridgehead atoms. The summed E-state index contributed by atoms with van der Waals surface area (Å²) < 4.78 is 83.6. The molecule has 0 saturated heterocycles. The number of hydrogen-bond donors (Lipinski definition) is 1. The number of halogens is 7. The molecule has 0 unspecified atom stereocenters. The van der Waals surface area contributed by atoms with Crippen molar-refractivity contribution in [2.24, 2.45) is 0 Å². The van der Waals surface area contributed by atoms with Crippen LogP contribution in [0.4, 0.5) is 26.3 Å². The Bertz CT molecular complexity index is 1600. The largest absolute Gasteiger partial charge is 0.470 e. The van der Waals surface area contributed by atoms with Crippen LogP contribution in [0.3, 0.4) is 0 Å². The van der Waals surface area contributed by atoms with Crippen molar-refractivity contribution in [1.82, 2.24) is 29.9 Å². The van der Waals surface area contributed by atoms with Gasteiger partial charge in [0.25, 0.3) is 5.56 Å². The molecule has 4 heterocycles. The summed E-state index contributed by atoms with van der Waals surface area (Å²) in [6.45, 7) is 11.4. The van der Waals surface area contributed by atoms with Crippen LogP contribution >= 0.6 is 15.9 Å². The van der Waals surface area contributed by atoms with Crippen LogP contribution in [-0.2, 0) is 18.9 Å². The van der Waals surface area contributed by atoms with E-state index < -0.39 is 35.3 Å². The van der Waals surface area contributed by atoms with Crippen LogP contribution in [0.15, 0.2) is 79.4 Å². The molecule has 10 nitrogen and oxygen atoms in total. The molecule has 0 fully saturated rings. The number of aromatic amines is 1. The minimum atomic E-state index is -4.71. The Labute approximate surface area is 235 Å². The van der Waals surface area contributed by atoms with E-state index in [1.807, 2.05) is 6.92 Å². The first-order valence-electron chi connectivity index (χ1n) is 11.1. The van der Waals surface area contributed by atoms with Crippen molar-refractivity contribution in [3.63, 3.8) is 0 Å². The summed E-state index contributed by atoms with van der Waals surface area (Å²) in [5, 5.41) is 13.1. The average molecular weight is 651 g/mol. The summed E-state index contributed by atoms with van der Waals surface area (Å²) in [7, 11) is 0. The Morgan fingerprint density at radius 1 is 0.878 bits per heavy atom. The lowest BCUT2D eigenvalue weighted by Gasteiger charge is -2.04. The second-order valence-electron chi connectivity index (χ2n) is 8.19. The molecule has 1 N–H and O–H groups in total. The number of alkyl halides is 7. The molecule has 0 aliphatic heterocycles. The Morgan fingerprint density at radius 3 is 1.73 bits per heavy atom. The van der Waals surface area contributed by atoms with Crippen LogP contribution in [0.1, 0.15) is 25.6 Å². The Hall–Kier alpha value is -4.28. The molecule has 4 rings (SSSR count). The molecule has 0 radical (unpaired) electrons. The molecule has 0 saturated carbocycles. The van der Waals surface area contributed by atoms with Crippen molar-refractivity contribution < 1.29 is 35.2 Å². The minimum absolute atomic E-state index is 0.131. The third-order valence-corrected chi connectivity index (χ3v) is 5.23. The fraction of sp³-hybridized carbons (Fsp3) is 0.250. The zero-order chi connectivity index (χ0) is 31.0. The lowest BCUT2D eigenvalue weighted by atomic mass is 10.2. The van der Waals surface area contributed by atoms with E-state index in [1.165, 1.54) is 34.7 Å². The minimum Gasteiger partial charge on any atom is -0.413 e. The van der Waals surface area contributed by atoms with Crippen LogP contribution in [0.2, 0.25) is 0 Å². The first-order valence-corrected chi connectivity index (χ1v) is 12.2. The van der Waals surface area contributed by atoms with Crippen LogP contribution in [0.5, 0.6) is 0 Å². The second-order valence-corrected chi connectivity index (χ2v) is 8.75. The average Bonchev–Trinajstić information content (AvgIpc) is 3.56. The normalized spacial score (nSPS) is 11.1. The second kappa shape index (κ2) is 13.9. The highest BCUT2D eigenvalue weighted by Gasteiger charge is 2.39. The van der Waals surface area contributed by atoms with E-state index in [-0.39, 0.29) is 22.9 Å². The highest BCUT2D eigenvalue weighted by Crippen LogP contribution is 2.30. The zero-order valence-electron chi connectivity index (χ0n) is 21.3. The van der Waals surface area contributed by atoms with Crippen molar-refractivity contribution in [2.75, 3.05) is 5.33 Å². The molecule has 0 amide bonds. The van der Waals surface area contributed by atoms with E-state index in [9.17, 15) is 35.9 Å². The maximum Gasteiger partial charge on any atom is 0.470 e. The van der Waals surface area contributed by atoms with Gasteiger partial charge in [0, 0.05) is 47.5 Å². The summed E-state index contributed by atoms with van der Waals surface area (Å²) in [6, 6.07) is 4.98. The van der Waals surface area contributed by atoms with Crippen LogP contribution in [-0.4, -0.2) is 35.3 Å². The van der Waals surface area contributed by atoms with Gasteiger partial charge in [-0.2, -0.15) is 26.3 Å². The Balaban J connectivity index is 0.000000251. The van der Waals surface area contributed by atoms with Gasteiger partial charge < -0.3 is 18.4 Å². The number of aromatic nitrogens is 6. The van der Waals surface area contributed by atoms with Gasteiger partial charge in [-0.05, 0) is 26.0 Å². The molecule has 0 spiro atoms. The third-order valence-electron chi connectivity index (χ3n) is 4.27. The van der Waals surface area contributed by atoms with Crippen molar-refractivity contribution in [1.29, 1.82) is 0 Å². The van der Waals surface area contributed by atoms with Gasteiger partial charge in [0.1, 0.15) is 0 Å². The summed E-state index contributed by atoms with van der Waals surface area (Å²) in [6.07, 6.45) is -6.69. The SMILES string of the molecule is C=C(C)CBr.C=C(C)Cn1ccc(-c2nnc(C(F)(F)F)o2)cc1=O.O=c1cc(-c2nnc(C(F)(F)F)o2)cc[nH]1. The number of rotatable bonds is 5. The molecule has 4 aromatic rings. The number of allylic oxidation sites excluding steroid dienone is 2. The van der Waals surface area contributed by atoms with Gasteiger partial charge in [-0.3, -0.25) is 9.59 Å². The van der Waals surface area contributed by atoms with Crippen molar-refractivity contribution in [3.8, 4) is 22.9 Å². The number of nitrogens with zero attached hydrogens (tertiary/aromatic N) is 5. The van der Waals surface area contributed by atoms with E-state index >= 15 is 0 Å². The number of H-pyrrole nitrogens is 1. The fourth-order valence-electron chi connectivity index (χ4n) is 2.55. The van der Waals surface area contributed by atoms with Gasteiger partial charge >= 0.3 is 24.1 Å². The summed E-state index contributed by atoms with van der Waals surface area (Å²) in [5.41, 5.74) is 1.35. The third kappa shape index (κ3) is 10.3. The van der Waals surface area contributed by atoms with E-state index in [1.54, 1.807) is 6.92 Å². The zero-order valence-corrected chi connectivity index (χ0v) is 22.9. The molecular weight excluding hydrogens is 630 g/mol. The maximum absolute atomic E-state index is 12.3. The van der Waals surface area contributed by atoms with Crippen LogP contribution < -0.4 is 11.1 Å². The monoisotopic (exact) mass is 650 g/mol. The van der Waals surface area contributed by atoms with Gasteiger partial charge in [-0.15, -0.1) is 20.4 Å². The van der Waals surface area contributed by atoms with Crippen molar-refractivity contribution in [3.05, 3.63) is 93.5 Å². The van der Waals surface area contributed by atoms with Crippen molar-refractivity contribution >= 4 is 15.9 Å². The highest BCUT2D eigenvalue weighted by atomic mass is 79.9. The van der Waals surface area contributed by atoms with Gasteiger partial charge in [0.05, 0.1) is 0 Å². The molecule has 0 aliphatic rings. The first-order chi connectivity index (χ1) is 19.0. The van der Waals surface area contributed by atoms with Crippen molar-refractivity contribution in [2.45, 2.75) is 32.7 Å². The summed E-state index contributed by atoms with van der Waals surface area (Å²) in [4.78, 5) is 25.0. The van der Waals surface area contributed by atoms with Crippen LogP contribution in [0.25, 0.3) is 22.9 Å². The van der Waals surface area contributed by atoms with Gasteiger partial charge in [0.2, 0.25) is 17.3 Å². The molecule has 41 heavy (non-hydrogen) atoms. The smallest absolute Gasteiger partial charge is 0.413 e. The highest BCUT2D eigenvalue weighted by molar-refractivity contribution is 9.09. The number of nitrogens with one attached hydrogen (secondary N) is 1. The molecule has 4 aromatic heterocycles. The van der Waals surface area contributed by atoms with Gasteiger partial charge in [-0.1, -0.05) is 40.2 Å².